The third-order valence-electron chi connectivity index (χ3n) is 1.97. The number of fused-ring (bicyclic) bond motifs is 1. The van der Waals surface area contributed by atoms with E-state index < -0.39 is 6.73 Å². The van der Waals surface area contributed by atoms with E-state index in [-0.39, 0.29) is 0 Å². The van der Waals surface area contributed by atoms with Gasteiger partial charge in [0.1, 0.15) is 5.75 Å². The number of hydrogen-bond acceptors (Lipinski definition) is 1. The molecule has 0 N–H and O–H groups in total. The van der Waals surface area contributed by atoms with Gasteiger partial charge >= 0.3 is 6.73 Å². The van der Waals surface area contributed by atoms with Gasteiger partial charge in [-0.15, -0.1) is 33.2 Å². The van der Waals surface area contributed by atoms with E-state index in [4.69, 9.17) is 38.0 Å². The molecule has 5 heteroatoms. The summed E-state index contributed by atoms with van der Waals surface area (Å²) >= 11 is 14.7. The zero-order valence-electron chi connectivity index (χ0n) is 8.58. The largest absolute Gasteiger partial charge is 0.496 e. The van der Waals surface area contributed by atoms with Gasteiger partial charge in [0.2, 0.25) is 0 Å². The van der Waals surface area contributed by atoms with Crippen LogP contribution in [-0.2, 0) is 0 Å². The molecule has 1 nitrogen and oxygen atoms in total. The van der Waals surface area contributed by atoms with Crippen molar-refractivity contribution in [2.75, 3.05) is 7.11 Å². The first-order valence-corrected chi connectivity index (χ1v) is 9.04. The number of hydrogen-bond donors (Lipinski definition) is 0. The molecule has 0 aliphatic carbocycles. The van der Waals surface area contributed by atoms with Crippen LogP contribution in [0.3, 0.4) is 0 Å². The fraction of sp³-hybridized carbons (Fsp3) is 0.0909. The van der Waals surface area contributed by atoms with E-state index in [0.717, 1.165) is 5.75 Å². The molecule has 2 aromatic rings. The van der Waals surface area contributed by atoms with E-state index in [1.54, 1.807) is 7.11 Å². The Kier molecular flexibility index (Phi) is 5.99. The second-order valence-electron chi connectivity index (χ2n) is 2.90. The van der Waals surface area contributed by atoms with Crippen LogP contribution in [0, 0.1) is 0 Å². The number of benzene rings is 2. The number of halogens is 3. The Morgan fingerprint density at radius 2 is 1.50 bits per heavy atom. The zero-order valence-corrected chi connectivity index (χ0v) is 11.9. The Hall–Kier alpha value is -0.413. The first-order valence-electron chi connectivity index (χ1n) is 4.50. The molecule has 0 bridgehead atoms. The van der Waals surface area contributed by atoms with Crippen molar-refractivity contribution in [1.82, 2.24) is 0 Å². The summed E-state index contributed by atoms with van der Waals surface area (Å²) in [6.07, 6.45) is 0. The molecule has 0 saturated carbocycles. The molecule has 1 radical (unpaired) electrons. The third kappa shape index (κ3) is 4.22. The number of rotatable bonds is 1. The molecule has 0 aromatic heterocycles. The maximum Gasteiger partial charge on any atom is 0.376 e. The van der Waals surface area contributed by atoms with Crippen molar-refractivity contribution in [2.45, 2.75) is 0 Å². The summed E-state index contributed by atoms with van der Waals surface area (Å²) in [6, 6.07) is 14.2. The predicted molar refractivity (Wildman–Crippen MR) is 73.8 cm³/mol. The van der Waals surface area contributed by atoms with Gasteiger partial charge in [-0.1, -0.05) is 36.4 Å². The van der Waals surface area contributed by atoms with Crippen LogP contribution in [-0.4, -0.2) is 13.8 Å². The maximum atomic E-state index is 5.23. The van der Waals surface area contributed by atoms with Crippen LogP contribution in [0.1, 0.15) is 0 Å². The highest BCUT2D eigenvalue weighted by atomic mass is 35.8. The summed E-state index contributed by atoms with van der Waals surface area (Å²) in [6.45, 7) is -1.46. The van der Waals surface area contributed by atoms with Gasteiger partial charge in [-0.2, -0.15) is 0 Å². The molecule has 0 atom stereocenters. The molecule has 0 aliphatic rings. The fourth-order valence-corrected chi connectivity index (χ4v) is 1.37. The van der Waals surface area contributed by atoms with Crippen molar-refractivity contribution < 1.29 is 4.74 Å². The van der Waals surface area contributed by atoms with Gasteiger partial charge in [-0.25, -0.2) is 0 Å². The number of methoxy groups -OCH3 is 1. The maximum absolute atomic E-state index is 5.23. The standard InChI is InChI=1S/C11H10O.Cl3Si/c1-12-11-8-4-6-9-5-2-3-7-10(9)11;1-4(2)3/h2-8H,1H3;. The summed E-state index contributed by atoms with van der Waals surface area (Å²) < 4.78 is 5.23. The highest BCUT2D eigenvalue weighted by Crippen LogP contribution is 2.24. The molecule has 0 unspecified atom stereocenters. The van der Waals surface area contributed by atoms with Crippen molar-refractivity contribution >= 4 is 50.7 Å². The van der Waals surface area contributed by atoms with Crippen LogP contribution in [0.2, 0.25) is 0 Å². The van der Waals surface area contributed by atoms with Gasteiger partial charge in [-0.3, -0.25) is 0 Å². The van der Waals surface area contributed by atoms with Crippen LogP contribution < -0.4 is 4.74 Å². The van der Waals surface area contributed by atoms with Gasteiger partial charge in [0, 0.05) is 5.39 Å². The molecule has 2 aromatic carbocycles. The molecular weight excluding hydrogens is 283 g/mol. The molecule has 2 rings (SSSR count). The van der Waals surface area contributed by atoms with E-state index in [1.807, 2.05) is 24.3 Å². The molecule has 0 aliphatic heterocycles. The third-order valence-corrected chi connectivity index (χ3v) is 1.97. The minimum absolute atomic E-state index is 0.938. The first kappa shape index (κ1) is 13.7. The first-order chi connectivity index (χ1) is 7.65. The molecule has 0 heterocycles. The van der Waals surface area contributed by atoms with Crippen molar-refractivity contribution in [3.63, 3.8) is 0 Å². The summed E-state index contributed by atoms with van der Waals surface area (Å²) in [5.74, 6) is 0.938. The average molecular weight is 293 g/mol. The Labute approximate surface area is 111 Å². The Morgan fingerprint density at radius 1 is 0.938 bits per heavy atom. The monoisotopic (exact) mass is 291 g/mol. The van der Waals surface area contributed by atoms with Crippen LogP contribution in [0.4, 0.5) is 0 Å². The lowest BCUT2D eigenvalue weighted by molar-refractivity contribution is 0.420. The molecule has 85 valence electrons. The van der Waals surface area contributed by atoms with Gasteiger partial charge in [0.05, 0.1) is 7.11 Å². The lowest BCUT2D eigenvalue weighted by atomic mass is 10.1. The summed E-state index contributed by atoms with van der Waals surface area (Å²) in [5, 5.41) is 2.39. The summed E-state index contributed by atoms with van der Waals surface area (Å²) in [5.41, 5.74) is 0. The molecular formula is C11H10Cl3OSi. The average Bonchev–Trinajstić information content (AvgIpc) is 2.27. The lowest BCUT2D eigenvalue weighted by Crippen LogP contribution is -1.83. The fourth-order valence-electron chi connectivity index (χ4n) is 1.37. The molecule has 0 spiro atoms. The van der Waals surface area contributed by atoms with Crippen LogP contribution >= 0.6 is 33.2 Å². The molecule has 0 amide bonds. The van der Waals surface area contributed by atoms with Crippen LogP contribution in [0.15, 0.2) is 42.5 Å². The van der Waals surface area contributed by atoms with Gasteiger partial charge in [0.25, 0.3) is 0 Å². The Balaban J connectivity index is 0.000000280. The minimum atomic E-state index is -1.46. The highest BCUT2D eigenvalue weighted by molar-refractivity contribution is 7.54. The van der Waals surface area contributed by atoms with E-state index in [9.17, 15) is 0 Å². The van der Waals surface area contributed by atoms with Crippen molar-refractivity contribution in [3.8, 4) is 5.75 Å². The van der Waals surface area contributed by atoms with Gasteiger partial charge in [-0.05, 0) is 11.5 Å². The van der Waals surface area contributed by atoms with Gasteiger partial charge in [0.15, 0.2) is 0 Å². The molecule has 16 heavy (non-hydrogen) atoms. The summed E-state index contributed by atoms with van der Waals surface area (Å²) in [7, 11) is 1.70. The number of ether oxygens (including phenoxy) is 1. The normalized spacial score (nSPS) is 9.81. The predicted octanol–water partition coefficient (Wildman–Crippen LogP) is 4.54. The summed E-state index contributed by atoms with van der Waals surface area (Å²) in [4.78, 5) is 0. The quantitative estimate of drug-likeness (QED) is 0.554. The Morgan fingerprint density at radius 3 is 2.12 bits per heavy atom. The molecule has 0 fully saturated rings. The van der Waals surface area contributed by atoms with E-state index in [1.165, 1.54) is 10.8 Å². The lowest BCUT2D eigenvalue weighted by Gasteiger charge is -2.03. The second-order valence-corrected chi connectivity index (χ2v) is 8.47. The topological polar surface area (TPSA) is 9.23 Å². The smallest absolute Gasteiger partial charge is 0.376 e. The Bertz CT molecular complexity index is 440. The van der Waals surface area contributed by atoms with E-state index >= 15 is 0 Å². The SMILES string of the molecule is COc1cccc2ccccc12.Cl[Si](Cl)Cl. The zero-order chi connectivity index (χ0) is 12.0. The minimum Gasteiger partial charge on any atom is -0.496 e. The van der Waals surface area contributed by atoms with Crippen LogP contribution in [0.25, 0.3) is 10.8 Å². The van der Waals surface area contributed by atoms with Crippen molar-refractivity contribution in [1.29, 1.82) is 0 Å². The second kappa shape index (κ2) is 7.02. The van der Waals surface area contributed by atoms with E-state index in [2.05, 4.69) is 18.2 Å². The molecule has 0 saturated heterocycles. The van der Waals surface area contributed by atoms with Crippen molar-refractivity contribution in [3.05, 3.63) is 42.5 Å². The van der Waals surface area contributed by atoms with E-state index in [0.29, 0.717) is 0 Å². The van der Waals surface area contributed by atoms with Crippen LogP contribution in [0.5, 0.6) is 5.75 Å². The van der Waals surface area contributed by atoms with Gasteiger partial charge < -0.3 is 4.74 Å². The highest BCUT2D eigenvalue weighted by Gasteiger charge is 1.97. The van der Waals surface area contributed by atoms with Crippen molar-refractivity contribution in [2.24, 2.45) is 0 Å².